The van der Waals surface area contributed by atoms with E-state index in [9.17, 15) is 4.79 Å². The largest absolute Gasteiger partial charge is 0.335 e. The Morgan fingerprint density at radius 1 is 0.839 bits per heavy atom. The molecule has 1 aliphatic heterocycles. The maximum Gasteiger partial charge on any atom is 0.229 e. The molecular weight excluding hydrogens is 378 g/mol. The molecule has 31 heavy (non-hydrogen) atoms. The van der Waals surface area contributed by atoms with Crippen molar-refractivity contribution >= 4 is 5.91 Å². The summed E-state index contributed by atoms with van der Waals surface area (Å²) in [5.41, 5.74) is 6.83. The molecule has 2 nitrogen and oxygen atoms in total. The lowest BCUT2D eigenvalue weighted by atomic mass is 9.49. The van der Waals surface area contributed by atoms with Crippen LogP contribution in [0.1, 0.15) is 80.0 Å². The normalized spacial score (nSPS) is 37.2. The predicted octanol–water partition coefficient (Wildman–Crippen LogP) is 6.64. The lowest BCUT2D eigenvalue weighted by Crippen LogP contribution is -2.55. The zero-order chi connectivity index (χ0) is 20.7. The van der Waals surface area contributed by atoms with Gasteiger partial charge in [0.25, 0.3) is 0 Å². The van der Waals surface area contributed by atoms with Crippen LogP contribution >= 0.6 is 0 Å². The summed E-state index contributed by atoms with van der Waals surface area (Å²) in [6.45, 7) is 3.11. The number of rotatable bonds is 2. The van der Waals surface area contributed by atoms with Crippen molar-refractivity contribution in [2.75, 3.05) is 6.54 Å². The van der Waals surface area contributed by atoms with E-state index in [-0.39, 0.29) is 5.41 Å². The molecule has 8 rings (SSSR count). The predicted molar refractivity (Wildman–Crippen MR) is 124 cm³/mol. The maximum absolute atomic E-state index is 14.2. The van der Waals surface area contributed by atoms with Gasteiger partial charge in [0.15, 0.2) is 0 Å². The quantitative estimate of drug-likeness (QED) is 0.542. The first kappa shape index (κ1) is 18.5. The Morgan fingerprint density at radius 3 is 2.16 bits per heavy atom. The van der Waals surface area contributed by atoms with Crippen molar-refractivity contribution in [1.82, 2.24) is 4.90 Å². The standard InChI is InChI=1S/C29H33NO/c1-18-2-4-22(5-3-18)23-6-7-25-24-8-9-30(27(14-24)26(25)13-23)28(31)29-15-19-10-20(16-29)12-21(11-19)17-29/h2-7,13,19-21,24,27H,8-12,14-17H2,1H3/t19?,20?,21?,24-,27-,29?/m1/s1. The topological polar surface area (TPSA) is 20.3 Å². The number of fused-ring (bicyclic) bond motifs is 5. The van der Waals surface area contributed by atoms with Crippen LogP contribution in [0.25, 0.3) is 11.1 Å². The summed E-state index contributed by atoms with van der Waals surface area (Å²) in [5, 5.41) is 0. The van der Waals surface area contributed by atoms with Gasteiger partial charge in [-0.25, -0.2) is 0 Å². The van der Waals surface area contributed by atoms with E-state index >= 15 is 0 Å². The first-order valence-corrected chi connectivity index (χ1v) is 12.6. The molecule has 2 aromatic rings. The number of hydrogen-bond donors (Lipinski definition) is 0. The molecule has 1 saturated heterocycles. The van der Waals surface area contributed by atoms with Gasteiger partial charge in [0.1, 0.15) is 0 Å². The number of aryl methyl sites for hydroxylation is 1. The fourth-order valence-electron chi connectivity index (χ4n) is 8.62. The number of likely N-dealkylation sites (tertiary alicyclic amines) is 1. The van der Waals surface area contributed by atoms with Crippen LogP contribution in [0.5, 0.6) is 0 Å². The molecule has 2 atom stereocenters. The molecule has 0 radical (unpaired) electrons. The second-order valence-electron chi connectivity index (χ2n) is 11.6. The zero-order valence-corrected chi connectivity index (χ0v) is 18.6. The number of hydrogen-bond acceptors (Lipinski definition) is 1. The van der Waals surface area contributed by atoms with Crippen molar-refractivity contribution in [3.63, 3.8) is 0 Å². The lowest BCUT2D eigenvalue weighted by Gasteiger charge is -2.57. The summed E-state index contributed by atoms with van der Waals surface area (Å²) in [7, 11) is 0. The van der Waals surface area contributed by atoms with Crippen molar-refractivity contribution in [2.45, 2.75) is 70.3 Å². The number of amides is 1. The van der Waals surface area contributed by atoms with E-state index in [1.807, 2.05) is 0 Å². The Labute approximate surface area is 186 Å². The SMILES string of the molecule is Cc1ccc(-c2ccc3c(c2)[C@H]2C[C@H]3CCN2C(=O)C23CC4CC(CC(C4)C2)C3)cc1. The van der Waals surface area contributed by atoms with Gasteiger partial charge in [-0.2, -0.15) is 0 Å². The van der Waals surface area contributed by atoms with Crippen molar-refractivity contribution in [2.24, 2.45) is 23.2 Å². The Morgan fingerprint density at radius 2 is 1.48 bits per heavy atom. The molecule has 0 N–H and O–H groups in total. The smallest absolute Gasteiger partial charge is 0.229 e. The molecule has 1 heterocycles. The number of piperidine rings is 1. The van der Waals surface area contributed by atoms with Crippen molar-refractivity contribution in [1.29, 1.82) is 0 Å². The monoisotopic (exact) mass is 411 g/mol. The van der Waals surface area contributed by atoms with Gasteiger partial charge in [0.2, 0.25) is 5.91 Å². The highest BCUT2D eigenvalue weighted by molar-refractivity contribution is 5.84. The van der Waals surface area contributed by atoms with Crippen LogP contribution in [0.15, 0.2) is 42.5 Å². The Kier molecular flexibility index (Phi) is 3.85. The molecule has 5 fully saturated rings. The third-order valence-corrected chi connectivity index (χ3v) is 9.63. The molecule has 0 spiro atoms. The molecule has 0 aromatic heterocycles. The molecule has 4 saturated carbocycles. The van der Waals surface area contributed by atoms with E-state index in [0.29, 0.717) is 17.9 Å². The van der Waals surface area contributed by atoms with Gasteiger partial charge in [0, 0.05) is 6.54 Å². The van der Waals surface area contributed by atoms with Crippen molar-refractivity contribution in [3.05, 3.63) is 59.2 Å². The second kappa shape index (κ2) is 6.47. The summed E-state index contributed by atoms with van der Waals surface area (Å²) in [5.74, 6) is 3.67. The number of carbonyl (C=O) groups is 1. The van der Waals surface area contributed by atoms with Crippen molar-refractivity contribution in [3.8, 4) is 11.1 Å². The Hall–Kier alpha value is -2.09. The summed E-state index contributed by atoms with van der Waals surface area (Å²) in [6.07, 6.45) is 10.0. The van der Waals surface area contributed by atoms with Crippen LogP contribution in [0.4, 0.5) is 0 Å². The Bertz CT molecular complexity index is 1020. The summed E-state index contributed by atoms with van der Waals surface area (Å²) < 4.78 is 0. The number of carbonyl (C=O) groups excluding carboxylic acids is 1. The van der Waals surface area contributed by atoms with Gasteiger partial charge in [-0.3, -0.25) is 4.79 Å². The Balaban J connectivity index is 1.23. The van der Waals surface area contributed by atoms with Gasteiger partial charge >= 0.3 is 0 Å². The van der Waals surface area contributed by atoms with Crippen molar-refractivity contribution < 1.29 is 4.79 Å². The van der Waals surface area contributed by atoms with Crippen LogP contribution in [0, 0.1) is 30.1 Å². The van der Waals surface area contributed by atoms with Crippen LogP contribution in [-0.4, -0.2) is 17.4 Å². The molecule has 5 aliphatic carbocycles. The van der Waals surface area contributed by atoms with Gasteiger partial charge < -0.3 is 4.90 Å². The fraction of sp³-hybridized carbons (Fsp3) is 0.552. The molecular formula is C29H33NO. The lowest BCUT2D eigenvalue weighted by molar-refractivity contribution is -0.161. The van der Waals surface area contributed by atoms with Gasteiger partial charge in [0.05, 0.1) is 11.5 Å². The third kappa shape index (κ3) is 2.73. The second-order valence-corrected chi connectivity index (χ2v) is 11.6. The molecule has 0 unspecified atom stereocenters. The van der Waals surface area contributed by atoms with Crippen LogP contribution < -0.4 is 0 Å². The zero-order valence-electron chi connectivity index (χ0n) is 18.6. The average molecular weight is 412 g/mol. The molecule has 2 aromatic carbocycles. The highest BCUT2D eigenvalue weighted by atomic mass is 16.2. The summed E-state index contributed by atoms with van der Waals surface area (Å²) in [6, 6.07) is 16.2. The van der Waals surface area contributed by atoms with E-state index < -0.39 is 0 Å². The molecule has 6 bridgehead atoms. The minimum absolute atomic E-state index is 0.0150. The summed E-state index contributed by atoms with van der Waals surface area (Å²) in [4.78, 5) is 16.5. The summed E-state index contributed by atoms with van der Waals surface area (Å²) >= 11 is 0. The number of benzene rings is 2. The van der Waals surface area contributed by atoms with Crippen LogP contribution in [0.3, 0.4) is 0 Å². The van der Waals surface area contributed by atoms with E-state index in [2.05, 4.69) is 54.3 Å². The molecule has 160 valence electrons. The van der Waals surface area contributed by atoms with E-state index in [1.54, 1.807) is 0 Å². The molecule has 6 aliphatic rings. The maximum atomic E-state index is 14.2. The third-order valence-electron chi connectivity index (χ3n) is 9.63. The van der Waals surface area contributed by atoms with Gasteiger partial charge in [-0.05, 0) is 110 Å². The van der Waals surface area contributed by atoms with E-state index in [1.165, 1.54) is 66.3 Å². The van der Waals surface area contributed by atoms with Crippen LogP contribution in [-0.2, 0) is 4.79 Å². The first-order valence-electron chi connectivity index (χ1n) is 12.6. The van der Waals surface area contributed by atoms with Crippen LogP contribution in [0.2, 0.25) is 0 Å². The first-order chi connectivity index (χ1) is 15.1. The van der Waals surface area contributed by atoms with Gasteiger partial charge in [-0.15, -0.1) is 0 Å². The average Bonchev–Trinajstić information content (AvgIpc) is 3.05. The number of nitrogens with zero attached hydrogens (tertiary/aromatic N) is 1. The molecule has 1 amide bonds. The van der Waals surface area contributed by atoms with E-state index in [4.69, 9.17) is 0 Å². The minimum Gasteiger partial charge on any atom is -0.335 e. The minimum atomic E-state index is -0.0150. The van der Waals surface area contributed by atoms with E-state index in [0.717, 1.165) is 37.1 Å². The molecule has 2 heteroatoms. The highest BCUT2D eigenvalue weighted by Crippen LogP contribution is 2.62. The highest BCUT2D eigenvalue weighted by Gasteiger charge is 2.57. The van der Waals surface area contributed by atoms with Gasteiger partial charge in [-0.1, -0.05) is 42.0 Å². The fourth-order valence-corrected chi connectivity index (χ4v) is 8.62.